The molecule has 0 spiro atoms. The Balaban J connectivity index is 1.32. The molecule has 0 unspecified atom stereocenters. The number of piperazine rings is 1. The van der Waals surface area contributed by atoms with Crippen molar-refractivity contribution in [1.82, 2.24) is 15.0 Å². The summed E-state index contributed by atoms with van der Waals surface area (Å²) in [5.41, 5.74) is 0.956. The van der Waals surface area contributed by atoms with Gasteiger partial charge in [-0.3, -0.25) is 10.2 Å². The van der Waals surface area contributed by atoms with Crippen molar-refractivity contribution in [3.63, 3.8) is 0 Å². The van der Waals surface area contributed by atoms with Crippen LogP contribution < -0.4 is 10.1 Å². The van der Waals surface area contributed by atoms with Crippen molar-refractivity contribution >= 4 is 11.8 Å². The fraction of sp³-hybridized carbons (Fsp3) is 0.238. The molecule has 1 aliphatic rings. The van der Waals surface area contributed by atoms with Gasteiger partial charge in [0.05, 0.1) is 0 Å². The number of aromatic nitrogens is 1. The number of anilines is 1. The van der Waals surface area contributed by atoms with Crippen LogP contribution in [0.25, 0.3) is 0 Å². The van der Waals surface area contributed by atoms with Gasteiger partial charge in [-0.15, -0.1) is 0 Å². The number of halogens is 1. The summed E-state index contributed by atoms with van der Waals surface area (Å²) in [4.78, 5) is 16.2. The number of rotatable bonds is 5. The number of urea groups is 1. The Labute approximate surface area is 167 Å². The molecule has 4 rings (SSSR count). The zero-order valence-corrected chi connectivity index (χ0v) is 15.8. The molecular formula is C21H21FN4O3. The van der Waals surface area contributed by atoms with E-state index in [2.05, 4.69) is 15.4 Å². The summed E-state index contributed by atoms with van der Waals surface area (Å²) in [6.07, 6.45) is 1.41. The van der Waals surface area contributed by atoms with Crippen molar-refractivity contribution in [1.29, 1.82) is 0 Å². The summed E-state index contributed by atoms with van der Waals surface area (Å²) in [6.45, 7) is 3.29. The molecule has 7 nitrogen and oxygen atoms in total. The van der Waals surface area contributed by atoms with E-state index >= 15 is 0 Å². The number of nitrogens with one attached hydrogen (secondary N) is 1. The Morgan fingerprint density at radius 3 is 2.62 bits per heavy atom. The summed E-state index contributed by atoms with van der Waals surface area (Å²) in [5, 5.41) is 6.38. The first-order chi connectivity index (χ1) is 14.2. The van der Waals surface area contributed by atoms with E-state index in [9.17, 15) is 9.18 Å². The number of amides is 2. The molecule has 29 heavy (non-hydrogen) atoms. The molecule has 1 saturated heterocycles. The molecule has 0 radical (unpaired) electrons. The standard InChI is InChI=1S/C21H21FN4O3/c22-18-7-6-16(14-19(18)29-17-4-2-1-3-5-17)15-25-9-11-26(12-10-25)21(27)23-20-8-13-28-24-20/h1-8,13-14H,9-12,15H2,(H,23,24,27). The largest absolute Gasteiger partial charge is 0.454 e. The topological polar surface area (TPSA) is 70.8 Å². The van der Waals surface area contributed by atoms with E-state index in [1.165, 1.54) is 12.3 Å². The van der Waals surface area contributed by atoms with Crippen LogP contribution in [0.3, 0.4) is 0 Å². The van der Waals surface area contributed by atoms with Crippen molar-refractivity contribution < 1.29 is 18.4 Å². The summed E-state index contributed by atoms with van der Waals surface area (Å²) in [5.74, 6) is 0.802. The summed E-state index contributed by atoms with van der Waals surface area (Å²) < 4.78 is 24.5. The second kappa shape index (κ2) is 8.74. The van der Waals surface area contributed by atoms with Gasteiger partial charge >= 0.3 is 6.03 Å². The molecule has 1 aliphatic heterocycles. The number of hydrogen-bond donors (Lipinski definition) is 1. The average molecular weight is 396 g/mol. The minimum atomic E-state index is -0.396. The molecule has 0 aliphatic carbocycles. The Hall–Kier alpha value is -3.39. The molecule has 1 N–H and O–H groups in total. The molecule has 2 heterocycles. The molecule has 1 fully saturated rings. The van der Waals surface area contributed by atoms with Crippen LogP contribution in [0, 0.1) is 5.82 Å². The van der Waals surface area contributed by atoms with E-state index < -0.39 is 5.82 Å². The van der Waals surface area contributed by atoms with Gasteiger partial charge in [-0.1, -0.05) is 29.4 Å². The SMILES string of the molecule is O=C(Nc1ccon1)N1CCN(Cc2ccc(F)c(Oc3ccccc3)c2)CC1. The molecule has 0 saturated carbocycles. The maximum absolute atomic E-state index is 14.1. The van der Waals surface area contributed by atoms with Crippen molar-refractivity contribution in [3.05, 3.63) is 72.2 Å². The van der Waals surface area contributed by atoms with Crippen molar-refractivity contribution in [2.75, 3.05) is 31.5 Å². The van der Waals surface area contributed by atoms with Gasteiger partial charge in [-0.25, -0.2) is 9.18 Å². The van der Waals surface area contributed by atoms with Gasteiger partial charge in [0.1, 0.15) is 12.0 Å². The maximum atomic E-state index is 14.1. The zero-order chi connectivity index (χ0) is 20.1. The predicted molar refractivity (Wildman–Crippen MR) is 105 cm³/mol. The van der Waals surface area contributed by atoms with E-state index in [0.717, 1.165) is 18.7 Å². The molecule has 2 aromatic carbocycles. The van der Waals surface area contributed by atoms with E-state index in [0.29, 0.717) is 31.2 Å². The molecule has 8 heteroatoms. The molecular weight excluding hydrogens is 375 g/mol. The number of nitrogens with zero attached hydrogens (tertiary/aromatic N) is 3. The highest BCUT2D eigenvalue weighted by atomic mass is 19.1. The smallest absolute Gasteiger partial charge is 0.323 e. The van der Waals surface area contributed by atoms with Gasteiger partial charge in [0.2, 0.25) is 0 Å². The lowest BCUT2D eigenvalue weighted by atomic mass is 10.1. The third kappa shape index (κ3) is 4.91. The molecule has 150 valence electrons. The van der Waals surface area contributed by atoms with Crippen molar-refractivity contribution in [2.24, 2.45) is 0 Å². The fourth-order valence-corrected chi connectivity index (χ4v) is 3.17. The zero-order valence-electron chi connectivity index (χ0n) is 15.8. The quantitative estimate of drug-likeness (QED) is 0.707. The lowest BCUT2D eigenvalue weighted by Crippen LogP contribution is -2.49. The third-order valence-corrected chi connectivity index (χ3v) is 4.71. The van der Waals surface area contributed by atoms with Gasteiger partial charge in [0, 0.05) is 38.8 Å². The minimum absolute atomic E-state index is 0.195. The van der Waals surface area contributed by atoms with Gasteiger partial charge in [-0.05, 0) is 29.8 Å². The van der Waals surface area contributed by atoms with Crippen LogP contribution >= 0.6 is 0 Å². The summed E-state index contributed by atoms with van der Waals surface area (Å²) >= 11 is 0. The van der Waals surface area contributed by atoms with Crippen LogP contribution in [0.1, 0.15) is 5.56 Å². The van der Waals surface area contributed by atoms with Crippen LogP contribution in [0.2, 0.25) is 0 Å². The van der Waals surface area contributed by atoms with Crippen LogP contribution in [-0.2, 0) is 6.54 Å². The van der Waals surface area contributed by atoms with Gasteiger partial charge in [0.15, 0.2) is 17.4 Å². The number of para-hydroxylation sites is 1. The Kier molecular flexibility index (Phi) is 5.71. The highest BCUT2D eigenvalue weighted by Gasteiger charge is 2.22. The van der Waals surface area contributed by atoms with Crippen LogP contribution in [0.5, 0.6) is 11.5 Å². The van der Waals surface area contributed by atoms with Crippen LogP contribution in [0.15, 0.2) is 65.4 Å². The first-order valence-corrected chi connectivity index (χ1v) is 9.37. The lowest BCUT2D eigenvalue weighted by Gasteiger charge is -2.34. The van der Waals surface area contributed by atoms with Crippen molar-refractivity contribution in [2.45, 2.75) is 6.54 Å². The molecule has 2 amide bonds. The Morgan fingerprint density at radius 1 is 1.10 bits per heavy atom. The maximum Gasteiger partial charge on any atom is 0.323 e. The Morgan fingerprint density at radius 2 is 1.90 bits per heavy atom. The number of hydrogen-bond acceptors (Lipinski definition) is 5. The fourth-order valence-electron chi connectivity index (χ4n) is 3.17. The monoisotopic (exact) mass is 396 g/mol. The second-order valence-electron chi connectivity index (χ2n) is 6.76. The third-order valence-electron chi connectivity index (χ3n) is 4.71. The van der Waals surface area contributed by atoms with Crippen molar-refractivity contribution in [3.8, 4) is 11.5 Å². The molecule has 0 bridgehead atoms. The number of carbonyl (C=O) groups is 1. The summed E-state index contributed by atoms with van der Waals surface area (Å²) in [7, 11) is 0. The Bertz CT molecular complexity index is 942. The molecule has 0 atom stereocenters. The summed E-state index contributed by atoms with van der Waals surface area (Å²) in [6, 6.07) is 15.5. The highest BCUT2D eigenvalue weighted by Crippen LogP contribution is 2.26. The number of carbonyl (C=O) groups excluding carboxylic acids is 1. The molecule has 3 aromatic rings. The first kappa shape index (κ1) is 18.9. The van der Waals surface area contributed by atoms with Gasteiger partial charge in [-0.2, -0.15) is 0 Å². The highest BCUT2D eigenvalue weighted by molar-refractivity contribution is 5.88. The number of ether oxygens (including phenoxy) is 1. The second-order valence-corrected chi connectivity index (χ2v) is 6.76. The van der Waals surface area contributed by atoms with Crippen LogP contribution in [-0.4, -0.2) is 47.2 Å². The lowest BCUT2D eigenvalue weighted by molar-refractivity contribution is 0.143. The van der Waals surface area contributed by atoms with Crippen LogP contribution in [0.4, 0.5) is 15.0 Å². The minimum Gasteiger partial charge on any atom is -0.454 e. The van der Waals surface area contributed by atoms with E-state index in [1.54, 1.807) is 35.2 Å². The van der Waals surface area contributed by atoms with E-state index in [4.69, 9.17) is 9.26 Å². The van der Waals surface area contributed by atoms with E-state index in [1.807, 2.05) is 18.2 Å². The van der Waals surface area contributed by atoms with Gasteiger partial charge in [0.25, 0.3) is 0 Å². The normalized spacial score (nSPS) is 14.6. The van der Waals surface area contributed by atoms with Gasteiger partial charge < -0.3 is 14.2 Å². The van der Waals surface area contributed by atoms with E-state index in [-0.39, 0.29) is 11.8 Å². The number of benzene rings is 2. The predicted octanol–water partition coefficient (Wildman–Crippen LogP) is 3.96. The average Bonchev–Trinajstić information content (AvgIpc) is 3.25. The first-order valence-electron chi connectivity index (χ1n) is 9.37. The molecule has 1 aromatic heterocycles.